The van der Waals surface area contributed by atoms with Crippen molar-refractivity contribution in [2.24, 2.45) is 0 Å². The van der Waals surface area contributed by atoms with Gasteiger partial charge in [-0.1, -0.05) is 176 Å². The van der Waals surface area contributed by atoms with Crippen molar-refractivity contribution >= 4 is 86.7 Å². The fourth-order valence-electron chi connectivity index (χ4n) is 10.8. The number of aromatic nitrogens is 3. The van der Waals surface area contributed by atoms with Crippen molar-refractivity contribution < 1.29 is 0 Å². The Bertz CT molecular complexity index is 4450. The van der Waals surface area contributed by atoms with Gasteiger partial charge in [-0.2, -0.15) is 5.26 Å². The van der Waals surface area contributed by atoms with Crippen LogP contribution in [-0.2, 0) is 0 Å². The number of benzene rings is 12. The van der Waals surface area contributed by atoms with E-state index >= 15 is 0 Å². The van der Waals surface area contributed by atoms with Crippen LogP contribution in [-0.4, -0.2) is 14.5 Å². The van der Waals surface area contributed by atoms with Crippen LogP contribution in [0.3, 0.4) is 0 Å². The second-order valence-corrected chi connectivity index (χ2v) is 18.0. The predicted octanol–water partition coefficient (Wildman–Crippen LogP) is 17.0. The maximum Gasteiger partial charge on any atom is 0.165 e. The molecular formula is C65H38N4. The Morgan fingerprint density at radius 2 is 0.826 bits per heavy atom. The van der Waals surface area contributed by atoms with Gasteiger partial charge in [0.15, 0.2) is 5.82 Å². The van der Waals surface area contributed by atoms with Crippen LogP contribution in [0.15, 0.2) is 231 Å². The summed E-state index contributed by atoms with van der Waals surface area (Å²) in [5, 5.41) is 24.2. The van der Waals surface area contributed by atoms with Crippen LogP contribution in [0.25, 0.3) is 137 Å². The van der Waals surface area contributed by atoms with Gasteiger partial charge in [0.1, 0.15) is 5.69 Å². The molecule has 0 aliphatic carbocycles. The maximum absolute atomic E-state index is 9.71. The molecule has 0 amide bonds. The largest absolute Gasteiger partial charge is 0.292 e. The van der Waals surface area contributed by atoms with Gasteiger partial charge in [-0.05, 0) is 142 Å². The van der Waals surface area contributed by atoms with E-state index in [2.05, 4.69) is 211 Å². The fraction of sp³-hybridized carbons (Fsp3) is 0. The van der Waals surface area contributed by atoms with Gasteiger partial charge in [0.05, 0.1) is 33.7 Å². The van der Waals surface area contributed by atoms with Crippen molar-refractivity contribution in [1.29, 1.82) is 5.26 Å². The Morgan fingerprint density at radius 3 is 1.52 bits per heavy atom. The third-order valence-corrected chi connectivity index (χ3v) is 14.1. The molecule has 69 heavy (non-hydrogen) atoms. The molecule has 4 nitrogen and oxygen atoms in total. The highest BCUT2D eigenvalue weighted by molar-refractivity contribution is 6.26. The minimum Gasteiger partial charge on any atom is -0.292 e. The quantitative estimate of drug-likeness (QED) is 0.162. The Hall–Kier alpha value is -9.43. The lowest BCUT2D eigenvalue weighted by Gasteiger charge is -2.17. The second-order valence-electron chi connectivity index (χ2n) is 18.0. The monoisotopic (exact) mass is 874 g/mol. The van der Waals surface area contributed by atoms with E-state index in [1.807, 2.05) is 30.3 Å². The summed E-state index contributed by atoms with van der Waals surface area (Å²) in [5.41, 5.74) is 12.5. The SMILES string of the molecule is N#Cc1ccc(-c2cc3nc(-c4ccccc4)c(-n4c5cc(-c6ccc7c8ccccc8c8ccccc8c7c6)ccc5c5cc6ccccc6cc54)nc3cc2-c2ccc3ccccc3c2)cc1. The summed E-state index contributed by atoms with van der Waals surface area (Å²) in [6, 6.07) is 84.7. The highest BCUT2D eigenvalue weighted by Gasteiger charge is 2.22. The number of rotatable bonds is 5. The van der Waals surface area contributed by atoms with E-state index in [4.69, 9.17) is 9.97 Å². The summed E-state index contributed by atoms with van der Waals surface area (Å²) in [6.07, 6.45) is 0. The molecule has 0 aliphatic heterocycles. The molecule has 0 saturated carbocycles. The standard InChI is InChI=1S/C65H38N4/c66-39-40-22-24-42(25-23-40)56-37-60-61(38-57(56)49-27-26-41-12-4-5-15-44(41)32-49)68-65(64(67-60)43-13-2-1-3-14-43)69-62-36-48(29-31-55(62)59-34-45-16-6-7-17-46(45)35-63(59)69)47-28-30-54-52-20-9-8-18-50(52)51-19-10-11-21-53(51)58(54)33-47/h1-38H. The fourth-order valence-corrected chi connectivity index (χ4v) is 10.8. The molecule has 318 valence electrons. The van der Waals surface area contributed by atoms with E-state index in [1.54, 1.807) is 0 Å². The molecule has 14 rings (SSSR count). The molecule has 0 bridgehead atoms. The normalized spacial score (nSPS) is 11.8. The van der Waals surface area contributed by atoms with Crippen molar-refractivity contribution in [2.45, 2.75) is 0 Å². The molecule has 2 heterocycles. The number of nitriles is 1. The topological polar surface area (TPSA) is 54.5 Å². The minimum absolute atomic E-state index is 0.618. The van der Waals surface area contributed by atoms with Crippen LogP contribution >= 0.6 is 0 Å². The van der Waals surface area contributed by atoms with Gasteiger partial charge in [0.2, 0.25) is 0 Å². The molecular weight excluding hydrogens is 837 g/mol. The Labute approximate surface area is 397 Å². The molecule has 0 spiro atoms. The highest BCUT2D eigenvalue weighted by Crippen LogP contribution is 2.43. The van der Waals surface area contributed by atoms with E-state index < -0.39 is 0 Å². The summed E-state index contributed by atoms with van der Waals surface area (Å²) in [5.74, 6) is 0.757. The van der Waals surface area contributed by atoms with E-state index in [1.165, 1.54) is 43.1 Å². The van der Waals surface area contributed by atoms with Crippen LogP contribution in [0.4, 0.5) is 0 Å². The van der Waals surface area contributed by atoms with Gasteiger partial charge in [-0.25, -0.2) is 9.97 Å². The molecule has 14 aromatic rings. The first-order valence-electron chi connectivity index (χ1n) is 23.4. The third kappa shape index (κ3) is 6.22. The second kappa shape index (κ2) is 15.3. The lowest BCUT2D eigenvalue weighted by molar-refractivity contribution is 1.08. The zero-order valence-electron chi connectivity index (χ0n) is 37.2. The molecule has 0 N–H and O–H groups in total. The molecule has 0 atom stereocenters. The van der Waals surface area contributed by atoms with Crippen LogP contribution in [0.2, 0.25) is 0 Å². The lowest BCUT2D eigenvalue weighted by atomic mass is 9.92. The molecule has 0 aliphatic rings. The summed E-state index contributed by atoms with van der Waals surface area (Å²) >= 11 is 0. The van der Waals surface area contributed by atoms with Crippen LogP contribution in [0, 0.1) is 11.3 Å². The Balaban J connectivity index is 1.06. The molecule has 0 radical (unpaired) electrons. The van der Waals surface area contributed by atoms with E-state index in [9.17, 15) is 5.26 Å². The highest BCUT2D eigenvalue weighted by atomic mass is 15.1. The maximum atomic E-state index is 9.71. The van der Waals surface area contributed by atoms with Crippen molar-refractivity contribution in [1.82, 2.24) is 14.5 Å². The summed E-state index contributed by atoms with van der Waals surface area (Å²) in [7, 11) is 0. The lowest BCUT2D eigenvalue weighted by Crippen LogP contribution is -2.04. The third-order valence-electron chi connectivity index (χ3n) is 14.1. The van der Waals surface area contributed by atoms with Crippen molar-refractivity contribution in [3.8, 4) is 56.5 Å². The number of nitrogens with zero attached hydrogens (tertiary/aromatic N) is 4. The summed E-state index contributed by atoms with van der Waals surface area (Å²) in [4.78, 5) is 11.4. The zero-order chi connectivity index (χ0) is 45.6. The predicted molar refractivity (Wildman–Crippen MR) is 288 cm³/mol. The number of hydrogen-bond donors (Lipinski definition) is 0. The van der Waals surface area contributed by atoms with Gasteiger partial charge >= 0.3 is 0 Å². The van der Waals surface area contributed by atoms with E-state index in [0.29, 0.717) is 5.56 Å². The molecule has 0 unspecified atom stereocenters. The average Bonchev–Trinajstić information content (AvgIpc) is 3.73. The van der Waals surface area contributed by atoms with Crippen molar-refractivity contribution in [2.75, 3.05) is 0 Å². The number of hydrogen-bond acceptors (Lipinski definition) is 3. The molecule has 4 heteroatoms. The minimum atomic E-state index is 0.618. The zero-order valence-corrected chi connectivity index (χ0v) is 37.2. The van der Waals surface area contributed by atoms with E-state index in [-0.39, 0.29) is 0 Å². The van der Waals surface area contributed by atoms with Gasteiger partial charge in [0, 0.05) is 16.3 Å². The van der Waals surface area contributed by atoms with Gasteiger partial charge < -0.3 is 0 Å². The first kappa shape index (κ1) is 38.8. The number of fused-ring (bicyclic) bond motifs is 12. The molecule has 2 aromatic heterocycles. The smallest absolute Gasteiger partial charge is 0.165 e. The average molecular weight is 875 g/mol. The van der Waals surface area contributed by atoms with E-state index in [0.717, 1.165) is 94.1 Å². The molecule has 12 aromatic carbocycles. The van der Waals surface area contributed by atoms with Gasteiger partial charge in [-0.3, -0.25) is 4.57 Å². The van der Waals surface area contributed by atoms with Crippen LogP contribution < -0.4 is 0 Å². The molecule has 0 saturated heterocycles. The Kier molecular flexibility index (Phi) is 8.61. The van der Waals surface area contributed by atoms with Crippen molar-refractivity contribution in [3.05, 3.63) is 236 Å². The first-order valence-corrected chi connectivity index (χ1v) is 23.4. The van der Waals surface area contributed by atoms with Crippen LogP contribution in [0.5, 0.6) is 0 Å². The summed E-state index contributed by atoms with van der Waals surface area (Å²) < 4.78 is 2.35. The van der Waals surface area contributed by atoms with Crippen LogP contribution in [0.1, 0.15) is 5.56 Å². The Morgan fingerprint density at radius 1 is 0.319 bits per heavy atom. The van der Waals surface area contributed by atoms with Crippen molar-refractivity contribution in [3.63, 3.8) is 0 Å². The molecule has 0 fully saturated rings. The van der Waals surface area contributed by atoms with Gasteiger partial charge in [-0.15, -0.1) is 0 Å². The summed E-state index contributed by atoms with van der Waals surface area (Å²) in [6.45, 7) is 0. The first-order chi connectivity index (χ1) is 34.1. The van der Waals surface area contributed by atoms with Gasteiger partial charge in [0.25, 0.3) is 0 Å².